The van der Waals surface area contributed by atoms with Gasteiger partial charge in [0.05, 0.1) is 6.61 Å². The summed E-state index contributed by atoms with van der Waals surface area (Å²) in [5, 5.41) is 3.42. The number of rotatable bonds is 5. The van der Waals surface area contributed by atoms with E-state index in [-0.39, 0.29) is 17.8 Å². The predicted octanol–water partition coefficient (Wildman–Crippen LogP) is 3.53. The van der Waals surface area contributed by atoms with Crippen LogP contribution in [-0.4, -0.2) is 18.6 Å². The average molecular weight is 293 g/mol. The smallest absolute Gasteiger partial charge is 0.330 e. The fourth-order valence-corrected chi connectivity index (χ4v) is 2.99. The standard InChI is InChI=1S/C17H24FNO2/c1-3-21-16(20)17(2,13-8-7-9-14(18)12-13)19-15-10-5-4-6-11-15/h7-9,12,15,19H,3-6,10-11H2,1-2H3. The van der Waals surface area contributed by atoms with Crippen molar-refractivity contribution < 1.29 is 13.9 Å². The largest absolute Gasteiger partial charge is 0.464 e. The summed E-state index contributed by atoms with van der Waals surface area (Å²) in [6, 6.07) is 6.47. The SMILES string of the molecule is CCOC(=O)C(C)(NC1CCCCC1)c1cccc(F)c1. The van der Waals surface area contributed by atoms with Gasteiger partial charge in [-0.3, -0.25) is 5.32 Å². The van der Waals surface area contributed by atoms with Crippen LogP contribution in [0.3, 0.4) is 0 Å². The Morgan fingerprint density at radius 2 is 2.10 bits per heavy atom. The lowest BCUT2D eigenvalue weighted by molar-refractivity contribution is -0.151. The molecule has 4 heteroatoms. The number of carbonyl (C=O) groups excluding carboxylic acids is 1. The van der Waals surface area contributed by atoms with Gasteiger partial charge in [0.1, 0.15) is 11.4 Å². The molecule has 0 spiro atoms. The molecule has 0 aromatic heterocycles. The van der Waals surface area contributed by atoms with Crippen molar-refractivity contribution in [1.82, 2.24) is 5.32 Å². The third-order valence-electron chi connectivity index (χ3n) is 4.18. The zero-order valence-electron chi connectivity index (χ0n) is 12.8. The zero-order valence-corrected chi connectivity index (χ0v) is 12.8. The maximum Gasteiger partial charge on any atom is 0.330 e. The number of benzene rings is 1. The number of ether oxygens (including phenoxy) is 1. The Morgan fingerprint density at radius 1 is 1.38 bits per heavy atom. The summed E-state index contributed by atoms with van der Waals surface area (Å²) in [5.41, 5.74) is -0.383. The van der Waals surface area contributed by atoms with Crippen molar-refractivity contribution in [3.8, 4) is 0 Å². The van der Waals surface area contributed by atoms with E-state index in [9.17, 15) is 9.18 Å². The van der Waals surface area contributed by atoms with Gasteiger partial charge in [0.25, 0.3) is 0 Å². The monoisotopic (exact) mass is 293 g/mol. The number of halogens is 1. The topological polar surface area (TPSA) is 38.3 Å². The normalized spacial score (nSPS) is 19.0. The van der Waals surface area contributed by atoms with Crippen LogP contribution in [-0.2, 0) is 15.1 Å². The van der Waals surface area contributed by atoms with Gasteiger partial charge >= 0.3 is 5.97 Å². The number of hydrogen-bond acceptors (Lipinski definition) is 3. The molecule has 1 aromatic rings. The van der Waals surface area contributed by atoms with E-state index in [0.717, 1.165) is 12.8 Å². The van der Waals surface area contributed by atoms with E-state index in [1.165, 1.54) is 31.4 Å². The second kappa shape index (κ2) is 7.03. The van der Waals surface area contributed by atoms with Crippen LogP contribution < -0.4 is 5.32 Å². The molecular weight excluding hydrogens is 269 g/mol. The molecule has 1 saturated carbocycles. The van der Waals surface area contributed by atoms with Gasteiger partial charge in [-0.2, -0.15) is 0 Å². The molecule has 0 aliphatic heterocycles. The molecule has 116 valence electrons. The lowest BCUT2D eigenvalue weighted by Crippen LogP contribution is -2.52. The molecule has 1 aliphatic rings. The molecule has 1 aromatic carbocycles. The third kappa shape index (κ3) is 3.82. The van der Waals surface area contributed by atoms with E-state index in [1.54, 1.807) is 26.0 Å². The Hall–Kier alpha value is -1.42. The first kappa shape index (κ1) is 16.0. The van der Waals surface area contributed by atoms with E-state index in [0.29, 0.717) is 12.2 Å². The van der Waals surface area contributed by atoms with Gasteiger partial charge in [0.15, 0.2) is 0 Å². The van der Waals surface area contributed by atoms with Crippen LogP contribution >= 0.6 is 0 Å². The first-order chi connectivity index (χ1) is 10.1. The average Bonchev–Trinajstić information content (AvgIpc) is 2.48. The van der Waals surface area contributed by atoms with E-state index in [4.69, 9.17) is 4.74 Å². The van der Waals surface area contributed by atoms with Crippen molar-refractivity contribution in [3.05, 3.63) is 35.6 Å². The Kier molecular flexibility index (Phi) is 5.34. The van der Waals surface area contributed by atoms with Crippen LogP contribution in [0, 0.1) is 5.82 Å². The van der Waals surface area contributed by atoms with Crippen molar-refractivity contribution in [2.24, 2.45) is 0 Å². The lowest BCUT2D eigenvalue weighted by atomic mass is 9.87. The van der Waals surface area contributed by atoms with Gasteiger partial charge < -0.3 is 4.74 Å². The molecule has 1 atom stereocenters. The molecule has 1 aliphatic carbocycles. The second-order valence-electron chi connectivity index (χ2n) is 5.84. The van der Waals surface area contributed by atoms with Crippen molar-refractivity contribution in [1.29, 1.82) is 0 Å². The molecule has 2 rings (SSSR count). The fraction of sp³-hybridized carbons (Fsp3) is 0.588. The van der Waals surface area contributed by atoms with Gasteiger partial charge in [-0.1, -0.05) is 31.4 Å². The third-order valence-corrected chi connectivity index (χ3v) is 4.18. The van der Waals surface area contributed by atoms with Crippen molar-refractivity contribution >= 4 is 5.97 Å². The van der Waals surface area contributed by atoms with E-state index < -0.39 is 5.54 Å². The first-order valence-electron chi connectivity index (χ1n) is 7.77. The van der Waals surface area contributed by atoms with Crippen molar-refractivity contribution in [2.75, 3.05) is 6.61 Å². The van der Waals surface area contributed by atoms with E-state index in [2.05, 4.69) is 5.32 Å². The minimum Gasteiger partial charge on any atom is -0.464 e. The molecule has 21 heavy (non-hydrogen) atoms. The molecule has 1 unspecified atom stereocenters. The van der Waals surface area contributed by atoms with Gasteiger partial charge in [-0.15, -0.1) is 0 Å². The summed E-state index contributed by atoms with van der Waals surface area (Å²) in [5.74, 6) is -0.686. The van der Waals surface area contributed by atoms with Gasteiger partial charge in [-0.25, -0.2) is 9.18 Å². The Balaban J connectivity index is 2.26. The minimum absolute atomic E-state index is 0.274. The minimum atomic E-state index is -1.000. The van der Waals surface area contributed by atoms with Crippen LogP contribution in [0.25, 0.3) is 0 Å². The summed E-state index contributed by atoms with van der Waals surface area (Å²) in [7, 11) is 0. The number of esters is 1. The van der Waals surface area contributed by atoms with Gasteiger partial charge in [-0.05, 0) is 44.4 Å². The highest BCUT2D eigenvalue weighted by molar-refractivity contribution is 5.82. The number of carbonyl (C=O) groups is 1. The molecule has 0 heterocycles. The molecule has 0 bridgehead atoms. The molecule has 0 amide bonds. The lowest BCUT2D eigenvalue weighted by Gasteiger charge is -2.35. The zero-order chi connectivity index (χ0) is 15.3. The maximum atomic E-state index is 13.5. The summed E-state index contributed by atoms with van der Waals surface area (Å²) in [6.07, 6.45) is 5.67. The van der Waals surface area contributed by atoms with Crippen LogP contribution in [0.2, 0.25) is 0 Å². The fourth-order valence-electron chi connectivity index (χ4n) is 2.99. The van der Waals surface area contributed by atoms with Crippen LogP contribution in [0.15, 0.2) is 24.3 Å². The van der Waals surface area contributed by atoms with E-state index >= 15 is 0 Å². The summed E-state index contributed by atoms with van der Waals surface area (Å²) in [6.45, 7) is 3.88. The summed E-state index contributed by atoms with van der Waals surface area (Å²) >= 11 is 0. The van der Waals surface area contributed by atoms with Gasteiger partial charge in [0.2, 0.25) is 0 Å². The van der Waals surface area contributed by atoms with E-state index in [1.807, 2.05) is 0 Å². The van der Waals surface area contributed by atoms with Crippen LogP contribution in [0.4, 0.5) is 4.39 Å². The summed E-state index contributed by atoms with van der Waals surface area (Å²) < 4.78 is 18.8. The Labute approximate surface area is 125 Å². The second-order valence-corrected chi connectivity index (χ2v) is 5.84. The van der Waals surface area contributed by atoms with Crippen molar-refractivity contribution in [3.63, 3.8) is 0 Å². The Morgan fingerprint density at radius 3 is 2.71 bits per heavy atom. The van der Waals surface area contributed by atoms with Crippen molar-refractivity contribution in [2.45, 2.75) is 57.5 Å². The highest BCUT2D eigenvalue weighted by atomic mass is 19.1. The highest BCUT2D eigenvalue weighted by Gasteiger charge is 2.39. The van der Waals surface area contributed by atoms with Gasteiger partial charge in [0, 0.05) is 6.04 Å². The molecule has 3 nitrogen and oxygen atoms in total. The molecule has 1 fully saturated rings. The number of nitrogens with one attached hydrogen (secondary N) is 1. The van der Waals surface area contributed by atoms with Crippen LogP contribution in [0.5, 0.6) is 0 Å². The molecule has 0 saturated heterocycles. The summed E-state index contributed by atoms with van der Waals surface area (Å²) in [4.78, 5) is 12.4. The first-order valence-corrected chi connectivity index (χ1v) is 7.77. The quantitative estimate of drug-likeness (QED) is 0.844. The predicted molar refractivity (Wildman–Crippen MR) is 80.4 cm³/mol. The highest BCUT2D eigenvalue weighted by Crippen LogP contribution is 2.27. The number of hydrogen-bond donors (Lipinski definition) is 1. The molecule has 1 N–H and O–H groups in total. The maximum absolute atomic E-state index is 13.5. The molecule has 0 radical (unpaired) electrons. The van der Waals surface area contributed by atoms with Crippen LogP contribution in [0.1, 0.15) is 51.5 Å². The molecular formula is C17H24FNO2. The Bertz CT molecular complexity index is 485.